The van der Waals surface area contributed by atoms with Gasteiger partial charge in [-0.1, -0.05) is 23.7 Å². The maximum atomic E-state index is 13.3. The molecule has 174 valence electrons. The second-order valence-corrected chi connectivity index (χ2v) is 9.01. The van der Waals surface area contributed by atoms with Gasteiger partial charge in [0.25, 0.3) is 5.56 Å². The number of benzene rings is 2. The van der Waals surface area contributed by atoms with Crippen LogP contribution in [0.1, 0.15) is 12.0 Å². The molecule has 0 unspecified atom stereocenters. The molecule has 0 fully saturated rings. The average molecular weight is 500 g/mol. The van der Waals surface area contributed by atoms with Gasteiger partial charge in [-0.05, 0) is 35.4 Å². The molecule has 0 saturated heterocycles. The van der Waals surface area contributed by atoms with Gasteiger partial charge in [0.2, 0.25) is 5.91 Å². The minimum Gasteiger partial charge on any atom is -0.489 e. The molecule has 5 rings (SSSR count). The van der Waals surface area contributed by atoms with Crippen LogP contribution in [0.15, 0.2) is 52.9 Å². The summed E-state index contributed by atoms with van der Waals surface area (Å²) in [4.78, 5) is 30.6. The van der Waals surface area contributed by atoms with E-state index in [-0.39, 0.29) is 30.4 Å². The zero-order valence-corrected chi connectivity index (χ0v) is 19.4. The van der Waals surface area contributed by atoms with Gasteiger partial charge in [-0.15, -0.1) is 11.3 Å². The zero-order valence-electron chi connectivity index (χ0n) is 17.8. The van der Waals surface area contributed by atoms with Crippen molar-refractivity contribution in [2.75, 3.05) is 13.2 Å². The maximum Gasteiger partial charge on any atom is 0.263 e. The molecule has 0 atom stereocenters. The van der Waals surface area contributed by atoms with E-state index in [2.05, 4.69) is 10.3 Å². The number of rotatable bonds is 5. The summed E-state index contributed by atoms with van der Waals surface area (Å²) in [6.45, 7) is 1.07. The molecule has 0 spiro atoms. The highest BCUT2D eigenvalue weighted by Crippen LogP contribution is 2.38. The zero-order chi connectivity index (χ0) is 23.7. The van der Waals surface area contributed by atoms with E-state index in [1.165, 1.54) is 34.4 Å². The van der Waals surface area contributed by atoms with Gasteiger partial charge in [-0.25, -0.2) is 9.37 Å². The number of hydrogen-bond acceptors (Lipinski definition) is 6. The van der Waals surface area contributed by atoms with Crippen LogP contribution in [-0.4, -0.2) is 28.7 Å². The monoisotopic (exact) mass is 499 g/mol. The number of fused-ring (bicyclic) bond motifs is 2. The van der Waals surface area contributed by atoms with Gasteiger partial charge in [0, 0.05) is 23.9 Å². The first kappa shape index (κ1) is 22.4. The molecule has 4 aromatic rings. The second-order valence-electron chi connectivity index (χ2n) is 7.75. The Morgan fingerprint density at radius 1 is 1.21 bits per heavy atom. The largest absolute Gasteiger partial charge is 0.489 e. The van der Waals surface area contributed by atoms with Gasteiger partial charge in [0.15, 0.2) is 11.5 Å². The highest BCUT2D eigenvalue weighted by atomic mass is 35.5. The normalized spacial score (nSPS) is 13.0. The van der Waals surface area contributed by atoms with Crippen LogP contribution in [0.2, 0.25) is 5.02 Å². The van der Waals surface area contributed by atoms with Crippen molar-refractivity contribution in [1.29, 1.82) is 0 Å². The van der Waals surface area contributed by atoms with Crippen LogP contribution in [0.4, 0.5) is 4.39 Å². The first-order valence-corrected chi connectivity index (χ1v) is 11.8. The lowest BCUT2D eigenvalue weighted by Gasteiger charge is -2.12. The number of amides is 1. The van der Waals surface area contributed by atoms with Crippen LogP contribution >= 0.6 is 22.9 Å². The summed E-state index contributed by atoms with van der Waals surface area (Å²) in [6, 6.07) is 9.41. The molecule has 10 heteroatoms. The lowest BCUT2D eigenvalue weighted by atomic mass is 10.1. The molecule has 2 aromatic heterocycles. The Kier molecular flexibility index (Phi) is 6.21. The summed E-state index contributed by atoms with van der Waals surface area (Å²) in [5, 5.41) is 5.43. The SMILES string of the molecule is O=C(Cn1cnc2scc(-c3ccc(F)cc3)c2c1=O)NCc1cc(Cl)c2c(c1)OCCCO2. The summed E-state index contributed by atoms with van der Waals surface area (Å²) in [5.41, 5.74) is 1.79. The third kappa shape index (κ3) is 4.49. The fraction of sp³-hybridized carbons (Fsp3) is 0.208. The molecule has 1 aliphatic heterocycles. The number of ether oxygens (including phenoxy) is 2. The molecular formula is C24H19ClFN3O4S. The predicted octanol–water partition coefficient (Wildman–Crippen LogP) is 4.40. The number of nitrogens with zero attached hydrogens (tertiary/aromatic N) is 2. The first-order chi connectivity index (χ1) is 16.5. The van der Waals surface area contributed by atoms with Crippen LogP contribution in [0.3, 0.4) is 0 Å². The average Bonchev–Trinajstić information content (AvgIpc) is 3.11. The van der Waals surface area contributed by atoms with E-state index in [4.69, 9.17) is 21.1 Å². The summed E-state index contributed by atoms with van der Waals surface area (Å²) < 4.78 is 25.9. The Labute approximate surface area is 202 Å². The van der Waals surface area contributed by atoms with E-state index in [1.807, 2.05) is 5.38 Å². The van der Waals surface area contributed by atoms with Gasteiger partial charge in [0.1, 0.15) is 17.2 Å². The van der Waals surface area contributed by atoms with E-state index in [1.54, 1.807) is 24.3 Å². The molecule has 0 radical (unpaired) electrons. The summed E-state index contributed by atoms with van der Waals surface area (Å²) in [6.07, 6.45) is 2.12. The van der Waals surface area contributed by atoms with Gasteiger partial charge >= 0.3 is 0 Å². The van der Waals surface area contributed by atoms with Crippen LogP contribution < -0.4 is 20.3 Å². The van der Waals surface area contributed by atoms with Crippen LogP contribution in [0.25, 0.3) is 21.3 Å². The third-order valence-electron chi connectivity index (χ3n) is 5.38. The van der Waals surface area contributed by atoms with E-state index >= 15 is 0 Å². The standard InChI is InChI=1S/C24H19ClFN3O4S/c25-18-8-14(9-19-22(18)33-7-1-6-32-19)10-27-20(30)11-29-13-28-23-21(24(29)31)17(12-34-23)15-2-4-16(26)5-3-15/h2-5,8-9,12-13H,1,6-7,10-11H2,(H,27,30). The Hall–Kier alpha value is -3.43. The van der Waals surface area contributed by atoms with Crippen molar-refractivity contribution in [3.8, 4) is 22.6 Å². The predicted molar refractivity (Wildman–Crippen MR) is 128 cm³/mol. The fourth-order valence-corrected chi connectivity index (χ4v) is 4.91. The van der Waals surface area contributed by atoms with E-state index in [0.29, 0.717) is 51.1 Å². The number of nitrogens with one attached hydrogen (secondary N) is 1. The highest BCUT2D eigenvalue weighted by Gasteiger charge is 2.17. The number of hydrogen-bond donors (Lipinski definition) is 1. The van der Waals surface area contributed by atoms with Crippen molar-refractivity contribution in [2.45, 2.75) is 19.5 Å². The molecule has 1 aliphatic rings. The maximum absolute atomic E-state index is 13.3. The van der Waals surface area contributed by atoms with Crippen molar-refractivity contribution in [1.82, 2.24) is 14.9 Å². The van der Waals surface area contributed by atoms with Crippen molar-refractivity contribution in [3.05, 3.63) is 74.9 Å². The van der Waals surface area contributed by atoms with Gasteiger partial charge < -0.3 is 14.8 Å². The Balaban J connectivity index is 1.33. The van der Waals surface area contributed by atoms with Crippen LogP contribution in [-0.2, 0) is 17.9 Å². The molecule has 1 amide bonds. The van der Waals surface area contributed by atoms with E-state index in [9.17, 15) is 14.0 Å². The third-order valence-corrected chi connectivity index (χ3v) is 6.55. The second kappa shape index (κ2) is 9.44. The van der Waals surface area contributed by atoms with Crippen molar-refractivity contribution in [2.24, 2.45) is 0 Å². The number of aromatic nitrogens is 2. The van der Waals surface area contributed by atoms with Crippen molar-refractivity contribution < 1.29 is 18.7 Å². The number of halogens is 2. The minimum atomic E-state index is -0.356. The molecule has 3 heterocycles. The van der Waals surface area contributed by atoms with Crippen LogP contribution in [0, 0.1) is 5.82 Å². The van der Waals surface area contributed by atoms with E-state index in [0.717, 1.165) is 12.0 Å². The molecule has 2 aromatic carbocycles. The van der Waals surface area contributed by atoms with Crippen molar-refractivity contribution in [3.63, 3.8) is 0 Å². The Morgan fingerprint density at radius 2 is 2.00 bits per heavy atom. The lowest BCUT2D eigenvalue weighted by Crippen LogP contribution is -2.32. The molecule has 34 heavy (non-hydrogen) atoms. The number of thiophene rings is 1. The summed E-state index contributed by atoms with van der Waals surface area (Å²) in [5.74, 6) is 0.342. The molecule has 0 saturated carbocycles. The first-order valence-electron chi connectivity index (χ1n) is 10.6. The van der Waals surface area contributed by atoms with Gasteiger partial charge in [-0.3, -0.25) is 14.2 Å². The minimum absolute atomic E-state index is 0.196. The van der Waals surface area contributed by atoms with Gasteiger partial charge in [0.05, 0.1) is 29.9 Å². The smallest absolute Gasteiger partial charge is 0.263 e. The molecule has 0 bridgehead atoms. The Bertz CT molecular complexity index is 1430. The van der Waals surface area contributed by atoms with Crippen LogP contribution in [0.5, 0.6) is 11.5 Å². The highest BCUT2D eigenvalue weighted by molar-refractivity contribution is 7.17. The lowest BCUT2D eigenvalue weighted by molar-refractivity contribution is -0.121. The molecular weight excluding hydrogens is 481 g/mol. The number of carbonyl (C=O) groups excluding carboxylic acids is 1. The topological polar surface area (TPSA) is 82.5 Å². The number of carbonyl (C=O) groups is 1. The van der Waals surface area contributed by atoms with E-state index < -0.39 is 0 Å². The molecule has 7 nitrogen and oxygen atoms in total. The summed E-state index contributed by atoms with van der Waals surface area (Å²) >= 11 is 7.64. The quantitative estimate of drug-likeness (QED) is 0.440. The van der Waals surface area contributed by atoms with Gasteiger partial charge in [-0.2, -0.15) is 0 Å². The molecule has 1 N–H and O–H groups in total. The molecule has 0 aliphatic carbocycles. The fourth-order valence-electron chi connectivity index (χ4n) is 3.72. The summed E-state index contributed by atoms with van der Waals surface area (Å²) in [7, 11) is 0. The van der Waals surface area contributed by atoms with Crippen molar-refractivity contribution >= 4 is 39.1 Å². The Morgan fingerprint density at radius 3 is 2.82 bits per heavy atom.